The smallest absolute Gasteiger partial charge is 0.363 e. The van der Waals surface area contributed by atoms with Gasteiger partial charge in [0.15, 0.2) is 5.70 Å². The average Bonchev–Trinajstić information content (AvgIpc) is 3.34. The first-order valence-electron chi connectivity index (χ1n) is 9.76. The number of carbonyl (C=O) groups is 2. The Morgan fingerprint density at radius 2 is 1.82 bits per heavy atom. The van der Waals surface area contributed by atoms with Crippen molar-refractivity contribution in [2.75, 3.05) is 0 Å². The Labute approximate surface area is 206 Å². The molecule has 0 radical (unpaired) electrons. The fourth-order valence-electron chi connectivity index (χ4n) is 3.26. The Morgan fingerprint density at radius 1 is 1.06 bits per heavy atom. The Kier molecular flexibility index (Phi) is 5.85. The number of rotatable bonds is 4. The molecule has 0 amide bonds. The van der Waals surface area contributed by atoms with E-state index in [0.717, 1.165) is 14.6 Å². The Morgan fingerprint density at radius 3 is 2.64 bits per heavy atom. The summed E-state index contributed by atoms with van der Waals surface area (Å²) in [5.74, 6) is -0.654. The molecule has 33 heavy (non-hydrogen) atoms. The molecule has 1 aliphatic heterocycles. The van der Waals surface area contributed by atoms with Crippen molar-refractivity contribution in [3.8, 4) is 5.75 Å². The molecule has 0 atom stereocenters. The first kappa shape index (κ1) is 21.6. The SMILES string of the molecule is O=C1OC(c2sc3cc(Br)ccc3c2Cl)=N/C1=C/c1ccccc1OC(=O)c1ccccc1. The lowest BCUT2D eigenvalue weighted by Crippen LogP contribution is -2.09. The molecule has 0 saturated heterocycles. The fourth-order valence-corrected chi connectivity index (χ4v) is 5.25. The van der Waals surface area contributed by atoms with Crippen LogP contribution in [-0.2, 0) is 9.53 Å². The first-order chi connectivity index (χ1) is 16.0. The normalized spacial score (nSPS) is 14.4. The summed E-state index contributed by atoms with van der Waals surface area (Å²) in [4.78, 5) is 30.0. The van der Waals surface area contributed by atoms with E-state index in [1.807, 2.05) is 24.3 Å². The van der Waals surface area contributed by atoms with Gasteiger partial charge in [0.05, 0.1) is 10.6 Å². The zero-order valence-corrected chi connectivity index (χ0v) is 19.9. The monoisotopic (exact) mass is 537 g/mol. The number of aliphatic imine (C=N–C) groups is 1. The largest absolute Gasteiger partial charge is 0.422 e. The van der Waals surface area contributed by atoms with Crippen LogP contribution in [0.4, 0.5) is 0 Å². The van der Waals surface area contributed by atoms with Crippen LogP contribution in [0, 0.1) is 0 Å². The van der Waals surface area contributed by atoms with Crippen LogP contribution in [0.2, 0.25) is 5.02 Å². The molecule has 162 valence electrons. The van der Waals surface area contributed by atoms with Crippen LogP contribution in [0.3, 0.4) is 0 Å². The lowest BCUT2D eigenvalue weighted by molar-refractivity contribution is -0.129. The van der Waals surface area contributed by atoms with Gasteiger partial charge in [0.2, 0.25) is 5.90 Å². The van der Waals surface area contributed by atoms with Crippen molar-refractivity contribution in [3.63, 3.8) is 0 Å². The van der Waals surface area contributed by atoms with Crippen molar-refractivity contribution in [1.82, 2.24) is 0 Å². The van der Waals surface area contributed by atoms with Crippen molar-refractivity contribution >= 4 is 72.9 Å². The molecule has 4 aromatic rings. The van der Waals surface area contributed by atoms with E-state index >= 15 is 0 Å². The van der Waals surface area contributed by atoms with Crippen LogP contribution in [0.1, 0.15) is 20.8 Å². The summed E-state index contributed by atoms with van der Waals surface area (Å²) in [6.45, 7) is 0. The lowest BCUT2D eigenvalue weighted by atomic mass is 10.1. The Balaban J connectivity index is 1.48. The number of fused-ring (bicyclic) bond motifs is 1. The number of thiophene rings is 1. The standard InChI is InChI=1S/C25H13BrClNO4S/c26-16-10-11-17-20(13-16)33-22(21(17)27)23-28-18(25(30)32-23)12-15-8-4-5-9-19(15)31-24(29)14-6-2-1-3-7-14/h1-13H/b18-12+. The number of benzene rings is 3. The van der Waals surface area contributed by atoms with Gasteiger partial charge < -0.3 is 9.47 Å². The van der Waals surface area contributed by atoms with Crippen LogP contribution in [0.25, 0.3) is 16.2 Å². The van der Waals surface area contributed by atoms with Gasteiger partial charge >= 0.3 is 11.9 Å². The third-order valence-corrected chi connectivity index (χ3v) is 6.97. The quantitative estimate of drug-likeness (QED) is 0.161. The van der Waals surface area contributed by atoms with Gasteiger partial charge in [-0.3, -0.25) is 0 Å². The van der Waals surface area contributed by atoms with Crippen molar-refractivity contribution < 1.29 is 19.1 Å². The molecule has 8 heteroatoms. The third kappa shape index (κ3) is 4.35. The van der Waals surface area contributed by atoms with E-state index in [-0.39, 0.29) is 11.6 Å². The topological polar surface area (TPSA) is 65.0 Å². The van der Waals surface area contributed by atoms with Crippen molar-refractivity contribution in [2.45, 2.75) is 0 Å². The minimum Gasteiger partial charge on any atom is -0.422 e. The molecule has 0 unspecified atom stereocenters. The molecule has 2 heterocycles. The molecule has 0 fully saturated rings. The van der Waals surface area contributed by atoms with Crippen LogP contribution < -0.4 is 4.74 Å². The molecular weight excluding hydrogens is 526 g/mol. The summed E-state index contributed by atoms with van der Waals surface area (Å²) < 4.78 is 12.8. The average molecular weight is 539 g/mol. The molecule has 1 aliphatic rings. The number of ether oxygens (including phenoxy) is 2. The van der Waals surface area contributed by atoms with Crippen LogP contribution >= 0.6 is 38.9 Å². The summed E-state index contributed by atoms with van der Waals surface area (Å²) in [5.41, 5.74) is 1.03. The second-order valence-corrected chi connectivity index (χ2v) is 9.36. The summed E-state index contributed by atoms with van der Waals surface area (Å²) in [6.07, 6.45) is 1.53. The van der Waals surface area contributed by atoms with E-state index in [0.29, 0.717) is 26.8 Å². The van der Waals surface area contributed by atoms with E-state index < -0.39 is 11.9 Å². The van der Waals surface area contributed by atoms with Gasteiger partial charge in [-0.05, 0) is 36.4 Å². The number of esters is 2. The highest BCUT2D eigenvalue weighted by Crippen LogP contribution is 2.38. The lowest BCUT2D eigenvalue weighted by Gasteiger charge is -2.07. The molecule has 0 spiro atoms. The van der Waals surface area contributed by atoms with Gasteiger partial charge in [0.1, 0.15) is 10.6 Å². The highest BCUT2D eigenvalue weighted by atomic mass is 79.9. The maximum atomic E-state index is 12.5. The second kappa shape index (κ2) is 8.94. The van der Waals surface area contributed by atoms with Crippen LogP contribution in [0.15, 0.2) is 88.0 Å². The minimum atomic E-state index is -0.608. The Hall–Kier alpha value is -3.26. The highest BCUT2D eigenvalue weighted by Gasteiger charge is 2.28. The molecule has 0 aliphatic carbocycles. The number of cyclic esters (lactones) is 1. The highest BCUT2D eigenvalue weighted by molar-refractivity contribution is 9.10. The van der Waals surface area contributed by atoms with Crippen molar-refractivity contribution in [2.24, 2.45) is 4.99 Å². The van der Waals surface area contributed by atoms with Gasteiger partial charge in [0.25, 0.3) is 0 Å². The number of hydrogen-bond donors (Lipinski definition) is 0. The van der Waals surface area contributed by atoms with Crippen LogP contribution in [0.5, 0.6) is 5.75 Å². The minimum absolute atomic E-state index is 0.0860. The molecule has 0 saturated carbocycles. The molecule has 5 rings (SSSR count). The molecule has 0 N–H and O–H groups in total. The number of nitrogens with zero attached hydrogens (tertiary/aromatic N) is 1. The second-order valence-electron chi connectivity index (χ2n) is 7.02. The van der Waals surface area contributed by atoms with Gasteiger partial charge in [0, 0.05) is 20.1 Å². The zero-order chi connectivity index (χ0) is 22.9. The summed E-state index contributed by atoms with van der Waals surface area (Å²) in [6, 6.07) is 21.3. The molecule has 1 aromatic heterocycles. The number of carbonyl (C=O) groups excluding carboxylic acids is 2. The number of para-hydroxylation sites is 1. The summed E-state index contributed by atoms with van der Waals surface area (Å²) in [7, 11) is 0. The summed E-state index contributed by atoms with van der Waals surface area (Å²) >= 11 is 11.4. The van der Waals surface area contributed by atoms with Gasteiger partial charge in [-0.15, -0.1) is 11.3 Å². The maximum Gasteiger partial charge on any atom is 0.363 e. The Bertz CT molecular complexity index is 1480. The van der Waals surface area contributed by atoms with Crippen molar-refractivity contribution in [3.05, 3.63) is 104 Å². The predicted molar refractivity (Wildman–Crippen MR) is 133 cm³/mol. The summed E-state index contributed by atoms with van der Waals surface area (Å²) in [5, 5.41) is 1.33. The van der Waals surface area contributed by atoms with E-state index in [2.05, 4.69) is 20.9 Å². The van der Waals surface area contributed by atoms with Gasteiger partial charge in [-0.1, -0.05) is 70.0 Å². The van der Waals surface area contributed by atoms with Gasteiger partial charge in [-0.2, -0.15) is 0 Å². The first-order valence-corrected chi connectivity index (χ1v) is 11.7. The van der Waals surface area contributed by atoms with E-state index in [9.17, 15) is 9.59 Å². The van der Waals surface area contributed by atoms with Crippen molar-refractivity contribution in [1.29, 1.82) is 0 Å². The van der Waals surface area contributed by atoms with E-state index in [1.165, 1.54) is 17.4 Å². The molecule has 5 nitrogen and oxygen atoms in total. The molecule has 3 aromatic carbocycles. The third-order valence-electron chi connectivity index (χ3n) is 4.83. The number of hydrogen-bond acceptors (Lipinski definition) is 6. The zero-order valence-electron chi connectivity index (χ0n) is 16.7. The molecular formula is C25H13BrClNO4S. The van der Waals surface area contributed by atoms with Gasteiger partial charge in [-0.25, -0.2) is 14.6 Å². The predicted octanol–water partition coefficient (Wildman–Crippen LogP) is 6.88. The van der Waals surface area contributed by atoms with E-state index in [4.69, 9.17) is 21.1 Å². The maximum absolute atomic E-state index is 12.5. The number of halogens is 2. The van der Waals surface area contributed by atoms with E-state index in [1.54, 1.807) is 48.5 Å². The van der Waals surface area contributed by atoms with Crippen LogP contribution in [-0.4, -0.2) is 17.8 Å². The molecule has 0 bridgehead atoms. The fraction of sp³-hybridized carbons (Fsp3) is 0.